The van der Waals surface area contributed by atoms with E-state index in [1.54, 1.807) is 12.2 Å². The van der Waals surface area contributed by atoms with Crippen LogP contribution in [0.5, 0.6) is 0 Å². The molecule has 0 radical (unpaired) electrons. The maximum absolute atomic E-state index is 12.5. The van der Waals surface area contributed by atoms with E-state index in [-0.39, 0.29) is 25.8 Å². The van der Waals surface area contributed by atoms with E-state index in [2.05, 4.69) is 24.5 Å². The molecule has 0 fully saturated rings. The third kappa shape index (κ3) is 13.0. The summed E-state index contributed by atoms with van der Waals surface area (Å²) in [6.07, 6.45) is 12.4. The Morgan fingerprint density at radius 1 is 0.790 bits per heavy atom. The molecule has 62 heavy (non-hydrogen) atoms. The van der Waals surface area contributed by atoms with Crippen molar-refractivity contribution in [2.45, 2.75) is 108 Å². The first-order chi connectivity index (χ1) is 28.8. The smallest absolute Gasteiger partial charge is 0.315 e. The van der Waals surface area contributed by atoms with Gasteiger partial charge in [0.15, 0.2) is 5.71 Å². The van der Waals surface area contributed by atoms with Crippen molar-refractivity contribution >= 4 is 65.2 Å². The molecule has 0 saturated heterocycles. The molecule has 340 valence electrons. The standard InChI is InChI=1S/C43H56N2O14S3/c1-30-19-21-35-33(27-30)42(2,3)38(44(35)24-13-7-8-15-37(46)32(41(49)50)29-61(54,55)56)16-9-5-10-17-39-43(4,23-12-6-11-18-40(47)48)34-28-31(62(57,58)59)20-22-36(34)45(39)25-14-26-60(51,52)53/h5,9-10,16-17,19-22,27-28,32H,6-8,11-15,18,23-26,29H2,1-4H3,(H4-,47,48,49,50,51,52,53,54,55,56,57,58,59)/p-2. The van der Waals surface area contributed by atoms with Crippen LogP contribution in [-0.2, 0) is 55.6 Å². The van der Waals surface area contributed by atoms with Crippen LogP contribution in [-0.4, -0.2) is 102 Å². The number of hydrogen-bond acceptors (Lipinski definition) is 13. The van der Waals surface area contributed by atoms with Gasteiger partial charge in [0.25, 0.3) is 0 Å². The molecule has 0 saturated carbocycles. The number of carbonyl (C=O) groups excluding carboxylic acids is 1. The number of Topliss-reactive ketones (excluding diaryl/α,β-unsaturated/α-hetero) is 1. The molecule has 0 spiro atoms. The molecule has 2 atom stereocenters. The van der Waals surface area contributed by atoms with Gasteiger partial charge in [-0.2, -0.15) is 4.58 Å². The number of allylic oxidation sites excluding steroid dienone is 6. The molecule has 19 heteroatoms. The van der Waals surface area contributed by atoms with Gasteiger partial charge in [0.1, 0.15) is 28.4 Å². The van der Waals surface area contributed by atoms with Gasteiger partial charge in [0.05, 0.1) is 36.3 Å². The van der Waals surface area contributed by atoms with Gasteiger partial charge in [-0.15, -0.1) is 0 Å². The SMILES string of the molecule is Cc1ccc2c(c1)C(C)(C)C(C=CC=CC=C1N(CCCS(=O)(=O)[O-])c3ccc(S(=O)(=O)[O-])cc3C1(C)CCCCCC(=O)O)=[N+]2CCCCCC(=O)C(CS(=O)(=O)[O-])C(=O)O. The topological polar surface area (TPSA) is 270 Å². The minimum absolute atomic E-state index is 0.0202. The van der Waals surface area contributed by atoms with Crippen LogP contribution in [0.4, 0.5) is 11.4 Å². The number of anilines is 1. The number of unbranched alkanes of at least 4 members (excludes halogenated alkanes) is 4. The van der Waals surface area contributed by atoms with Crippen molar-refractivity contribution < 1.29 is 68.1 Å². The molecule has 0 aliphatic carbocycles. The van der Waals surface area contributed by atoms with Gasteiger partial charge in [-0.1, -0.05) is 42.7 Å². The number of nitrogens with zero attached hydrogens (tertiary/aromatic N) is 2. The Morgan fingerprint density at radius 3 is 2.10 bits per heavy atom. The summed E-state index contributed by atoms with van der Waals surface area (Å²) in [5, 5.41) is 18.4. The van der Waals surface area contributed by atoms with Gasteiger partial charge in [0, 0.05) is 66.1 Å². The summed E-state index contributed by atoms with van der Waals surface area (Å²) >= 11 is 0. The maximum atomic E-state index is 12.5. The summed E-state index contributed by atoms with van der Waals surface area (Å²) in [6.45, 7) is 8.71. The lowest BCUT2D eigenvalue weighted by atomic mass is 9.77. The first-order valence-electron chi connectivity index (χ1n) is 20.3. The van der Waals surface area contributed by atoms with Crippen LogP contribution in [0.15, 0.2) is 77.4 Å². The molecule has 16 nitrogen and oxygen atoms in total. The van der Waals surface area contributed by atoms with E-state index in [9.17, 15) is 58.4 Å². The number of ketones is 1. The average Bonchev–Trinajstić information content (AvgIpc) is 3.50. The van der Waals surface area contributed by atoms with Crippen molar-refractivity contribution in [1.82, 2.24) is 0 Å². The zero-order valence-electron chi connectivity index (χ0n) is 35.2. The van der Waals surface area contributed by atoms with Crippen LogP contribution in [0.25, 0.3) is 0 Å². The van der Waals surface area contributed by atoms with Crippen molar-refractivity contribution in [3.05, 3.63) is 89.2 Å². The van der Waals surface area contributed by atoms with Gasteiger partial charge < -0.3 is 28.8 Å². The lowest BCUT2D eigenvalue weighted by Gasteiger charge is -2.31. The fourth-order valence-electron chi connectivity index (χ4n) is 8.34. The number of carbonyl (C=O) groups is 3. The summed E-state index contributed by atoms with van der Waals surface area (Å²) in [6, 6.07) is 10.2. The van der Waals surface area contributed by atoms with E-state index in [0.717, 1.165) is 22.5 Å². The highest BCUT2D eigenvalue weighted by Gasteiger charge is 2.45. The van der Waals surface area contributed by atoms with Crippen LogP contribution in [0, 0.1) is 12.8 Å². The lowest BCUT2D eigenvalue weighted by molar-refractivity contribution is -0.438. The molecule has 4 rings (SSSR count). The van der Waals surface area contributed by atoms with E-state index < -0.39 is 81.2 Å². The Hall–Kier alpha value is -4.53. The van der Waals surface area contributed by atoms with Crippen LogP contribution in [0.2, 0.25) is 0 Å². The molecule has 2 aromatic carbocycles. The van der Waals surface area contributed by atoms with E-state index in [1.165, 1.54) is 18.2 Å². The number of benzene rings is 2. The molecule has 2 heterocycles. The van der Waals surface area contributed by atoms with Crippen molar-refractivity contribution in [2.24, 2.45) is 5.92 Å². The predicted octanol–water partition coefficient (Wildman–Crippen LogP) is 5.40. The van der Waals surface area contributed by atoms with Crippen molar-refractivity contribution in [3.63, 3.8) is 0 Å². The van der Waals surface area contributed by atoms with E-state index in [4.69, 9.17) is 5.11 Å². The Morgan fingerprint density at radius 2 is 1.47 bits per heavy atom. The summed E-state index contributed by atoms with van der Waals surface area (Å²) in [5.41, 5.74) is 4.54. The summed E-state index contributed by atoms with van der Waals surface area (Å²) in [5.74, 6) is -7.22. The number of aliphatic carboxylic acids is 2. The fourth-order valence-corrected chi connectivity index (χ4v) is 10.1. The number of fused-ring (bicyclic) bond motifs is 2. The highest BCUT2D eigenvalue weighted by atomic mass is 32.2. The number of rotatable bonds is 24. The lowest BCUT2D eigenvalue weighted by Crippen LogP contribution is -2.31. The highest BCUT2D eigenvalue weighted by Crippen LogP contribution is 2.51. The molecule has 2 aromatic rings. The Bertz CT molecular complexity index is 2510. The maximum Gasteiger partial charge on any atom is 0.315 e. The third-order valence-electron chi connectivity index (χ3n) is 11.5. The monoisotopic (exact) mass is 918 g/mol. The molecule has 0 amide bonds. The third-order valence-corrected chi connectivity index (χ3v) is 13.8. The normalized spacial score (nSPS) is 18.8. The minimum atomic E-state index is -4.91. The molecule has 2 aliphatic rings. The van der Waals surface area contributed by atoms with Gasteiger partial charge in [-0.3, -0.25) is 14.4 Å². The molecule has 2 N–H and O–H groups in total. The van der Waals surface area contributed by atoms with Gasteiger partial charge >= 0.3 is 11.9 Å². The summed E-state index contributed by atoms with van der Waals surface area (Å²) in [7, 11) is -14.3. The second-order valence-electron chi connectivity index (χ2n) is 16.6. The minimum Gasteiger partial charge on any atom is -0.748 e. The Balaban J connectivity index is 1.65. The number of aryl methyl sites for hydroxylation is 1. The van der Waals surface area contributed by atoms with Crippen molar-refractivity contribution in [2.75, 3.05) is 29.5 Å². The average molecular weight is 919 g/mol. The predicted molar refractivity (Wildman–Crippen MR) is 229 cm³/mol. The van der Waals surface area contributed by atoms with Crippen molar-refractivity contribution in [1.29, 1.82) is 0 Å². The zero-order chi connectivity index (χ0) is 46.3. The molecule has 0 bridgehead atoms. The number of carboxylic acids is 2. The van der Waals surface area contributed by atoms with Crippen LogP contribution in [0.1, 0.15) is 102 Å². The summed E-state index contributed by atoms with van der Waals surface area (Å²) in [4.78, 5) is 36.5. The first-order valence-corrected chi connectivity index (χ1v) is 24.9. The summed E-state index contributed by atoms with van der Waals surface area (Å²) < 4.78 is 107. The molecule has 0 aromatic heterocycles. The van der Waals surface area contributed by atoms with Gasteiger partial charge in [-0.25, -0.2) is 25.3 Å². The number of hydrogen-bond donors (Lipinski definition) is 2. The first kappa shape index (κ1) is 50.1. The largest absolute Gasteiger partial charge is 0.748 e. The quantitative estimate of drug-likeness (QED) is 0.0439. The second kappa shape index (κ2) is 20.3. The van der Waals surface area contributed by atoms with Crippen LogP contribution < -0.4 is 4.90 Å². The Kier molecular flexibility index (Phi) is 16.4. The number of carboxylic acid groups (broad SMARTS) is 2. The zero-order valence-corrected chi connectivity index (χ0v) is 37.7. The highest BCUT2D eigenvalue weighted by molar-refractivity contribution is 7.86. The molecule has 2 aliphatic heterocycles. The van der Waals surface area contributed by atoms with Gasteiger partial charge in [-0.05, 0) is 95.7 Å². The Labute approximate surface area is 364 Å². The van der Waals surface area contributed by atoms with Gasteiger partial charge in [0.2, 0.25) is 5.69 Å². The van der Waals surface area contributed by atoms with E-state index in [0.29, 0.717) is 68.4 Å². The molecular formula is C43H54N2O14S3-2. The van der Waals surface area contributed by atoms with E-state index >= 15 is 0 Å². The van der Waals surface area contributed by atoms with Crippen LogP contribution in [0.3, 0.4) is 0 Å². The van der Waals surface area contributed by atoms with E-state index in [1.807, 2.05) is 49.1 Å². The molecular weight excluding hydrogens is 865 g/mol. The van der Waals surface area contributed by atoms with Crippen LogP contribution >= 0.6 is 0 Å². The molecule has 2 unspecified atom stereocenters. The fraction of sp³-hybridized carbons (Fsp3) is 0.488. The second-order valence-corrected chi connectivity index (χ2v) is 20.9. The van der Waals surface area contributed by atoms with Crippen molar-refractivity contribution in [3.8, 4) is 0 Å².